The van der Waals surface area contributed by atoms with Crippen LogP contribution in [-0.2, 0) is 16.0 Å². The Hall–Kier alpha value is -1.59. The molecule has 0 unspecified atom stereocenters. The number of hydroxylamine groups is 1. The smallest absolute Gasteiger partial charge is 0.253 e. The van der Waals surface area contributed by atoms with Crippen LogP contribution >= 0.6 is 0 Å². The van der Waals surface area contributed by atoms with Crippen molar-refractivity contribution in [3.05, 3.63) is 23.8 Å². The van der Waals surface area contributed by atoms with Crippen LogP contribution in [0.15, 0.2) is 18.2 Å². The Labute approximate surface area is 112 Å². The van der Waals surface area contributed by atoms with Gasteiger partial charge in [-0.25, -0.2) is 0 Å². The minimum atomic E-state index is -0.283. The average molecular weight is 265 g/mol. The summed E-state index contributed by atoms with van der Waals surface area (Å²) in [5.41, 5.74) is 1.45. The fraction of sp³-hybridized carbons (Fsp3) is 0.500. The molecular formula is C14H19NO4. The molecule has 0 spiro atoms. The molecule has 0 saturated heterocycles. The van der Waals surface area contributed by atoms with Crippen LogP contribution < -0.4 is 9.80 Å². The van der Waals surface area contributed by atoms with Gasteiger partial charge in [-0.2, -0.15) is 5.06 Å². The van der Waals surface area contributed by atoms with Crippen LogP contribution in [0.2, 0.25) is 0 Å². The van der Waals surface area contributed by atoms with Gasteiger partial charge in [0, 0.05) is 19.1 Å². The molecule has 1 aromatic carbocycles. The van der Waals surface area contributed by atoms with E-state index in [0.717, 1.165) is 10.6 Å². The molecule has 0 bridgehead atoms. The van der Waals surface area contributed by atoms with Crippen LogP contribution in [0.3, 0.4) is 0 Å². The Kier molecular flexibility index (Phi) is 4.07. The number of amides is 1. The quantitative estimate of drug-likeness (QED) is 0.846. The van der Waals surface area contributed by atoms with Gasteiger partial charge < -0.3 is 9.47 Å². The first-order valence-electron chi connectivity index (χ1n) is 6.34. The van der Waals surface area contributed by atoms with E-state index in [4.69, 9.17) is 9.47 Å². The summed E-state index contributed by atoms with van der Waals surface area (Å²) in [6, 6.07) is 5.42. The van der Waals surface area contributed by atoms with Gasteiger partial charge in [-0.15, -0.1) is 0 Å². The predicted molar refractivity (Wildman–Crippen MR) is 70.5 cm³/mol. The Bertz CT molecular complexity index is 475. The van der Waals surface area contributed by atoms with Gasteiger partial charge in [0.1, 0.15) is 11.9 Å². The molecule has 1 aliphatic heterocycles. The molecule has 104 valence electrons. The molecule has 5 nitrogen and oxygen atoms in total. The standard InChI is InChI=1S/C14H19NO4/c1-9-6-11-4-5-12(19-10(2)8-18-3)7-13(11)15(17)14(9)16/h4-5,7,9-10,17H,6,8H2,1-3H3/t9-,10+/m1/s1. The topological polar surface area (TPSA) is 59.0 Å². The number of carbonyl (C=O) groups is 1. The molecule has 1 amide bonds. The van der Waals surface area contributed by atoms with E-state index >= 15 is 0 Å². The van der Waals surface area contributed by atoms with E-state index in [0.29, 0.717) is 24.5 Å². The summed E-state index contributed by atoms with van der Waals surface area (Å²) in [6.07, 6.45) is 0.549. The van der Waals surface area contributed by atoms with Gasteiger partial charge in [-0.1, -0.05) is 13.0 Å². The van der Waals surface area contributed by atoms with E-state index in [2.05, 4.69) is 0 Å². The molecule has 2 atom stereocenters. The predicted octanol–water partition coefficient (Wildman–Crippen LogP) is 2.01. The third-order valence-electron chi connectivity index (χ3n) is 3.18. The summed E-state index contributed by atoms with van der Waals surface area (Å²) < 4.78 is 10.7. The minimum Gasteiger partial charge on any atom is -0.488 e. The number of ether oxygens (including phenoxy) is 2. The second kappa shape index (κ2) is 5.59. The molecule has 1 aliphatic rings. The highest BCUT2D eigenvalue weighted by Gasteiger charge is 2.29. The number of nitrogens with zero attached hydrogens (tertiary/aromatic N) is 1. The number of rotatable bonds is 4. The largest absolute Gasteiger partial charge is 0.488 e. The van der Waals surface area contributed by atoms with Crippen molar-refractivity contribution in [3.63, 3.8) is 0 Å². The maximum Gasteiger partial charge on any atom is 0.253 e. The van der Waals surface area contributed by atoms with Gasteiger partial charge in [0.15, 0.2) is 0 Å². The van der Waals surface area contributed by atoms with E-state index in [1.165, 1.54) is 0 Å². The van der Waals surface area contributed by atoms with Crippen molar-refractivity contribution in [2.75, 3.05) is 18.8 Å². The Morgan fingerprint density at radius 3 is 2.95 bits per heavy atom. The van der Waals surface area contributed by atoms with Gasteiger partial charge in [-0.3, -0.25) is 10.0 Å². The third kappa shape index (κ3) is 2.88. The number of carbonyl (C=O) groups excluding carboxylic acids is 1. The lowest BCUT2D eigenvalue weighted by Gasteiger charge is -2.28. The molecule has 0 aromatic heterocycles. The normalized spacial score (nSPS) is 20.1. The van der Waals surface area contributed by atoms with Gasteiger partial charge >= 0.3 is 0 Å². The Morgan fingerprint density at radius 2 is 2.26 bits per heavy atom. The molecule has 2 rings (SSSR count). The Morgan fingerprint density at radius 1 is 1.53 bits per heavy atom. The number of benzene rings is 1. The van der Waals surface area contributed by atoms with Crippen LogP contribution in [0.25, 0.3) is 0 Å². The van der Waals surface area contributed by atoms with E-state index in [-0.39, 0.29) is 17.9 Å². The summed E-state index contributed by atoms with van der Waals surface area (Å²) in [5, 5.41) is 10.6. The van der Waals surface area contributed by atoms with Crippen LogP contribution in [-0.4, -0.2) is 30.9 Å². The van der Waals surface area contributed by atoms with Gasteiger partial charge in [0.05, 0.1) is 12.3 Å². The van der Waals surface area contributed by atoms with Crippen LogP contribution in [0, 0.1) is 5.92 Å². The van der Waals surface area contributed by atoms with Crippen LogP contribution in [0.1, 0.15) is 19.4 Å². The highest BCUT2D eigenvalue weighted by Crippen LogP contribution is 2.32. The van der Waals surface area contributed by atoms with Crippen molar-refractivity contribution < 1.29 is 19.5 Å². The zero-order valence-electron chi connectivity index (χ0n) is 11.4. The highest BCUT2D eigenvalue weighted by atomic mass is 16.5. The van der Waals surface area contributed by atoms with E-state index in [1.807, 2.05) is 19.1 Å². The van der Waals surface area contributed by atoms with Crippen LogP contribution in [0.5, 0.6) is 5.75 Å². The zero-order chi connectivity index (χ0) is 14.0. The lowest BCUT2D eigenvalue weighted by Crippen LogP contribution is -2.37. The first-order chi connectivity index (χ1) is 9.02. The molecule has 1 aromatic rings. The van der Waals surface area contributed by atoms with Crippen molar-refractivity contribution in [2.45, 2.75) is 26.4 Å². The summed E-state index contributed by atoms with van der Waals surface area (Å²) in [6.45, 7) is 4.18. The fourth-order valence-electron chi connectivity index (χ4n) is 2.23. The monoisotopic (exact) mass is 265 g/mol. The lowest BCUT2D eigenvalue weighted by molar-refractivity contribution is -0.127. The molecule has 19 heavy (non-hydrogen) atoms. The van der Waals surface area contributed by atoms with Crippen molar-refractivity contribution in [1.29, 1.82) is 0 Å². The Balaban J connectivity index is 2.21. The summed E-state index contributed by atoms with van der Waals surface area (Å²) in [4.78, 5) is 11.7. The first-order valence-corrected chi connectivity index (χ1v) is 6.34. The molecule has 5 heteroatoms. The molecule has 0 fully saturated rings. The molecular weight excluding hydrogens is 246 g/mol. The van der Waals surface area contributed by atoms with Gasteiger partial charge in [0.2, 0.25) is 0 Å². The van der Waals surface area contributed by atoms with Gasteiger partial charge in [-0.05, 0) is 25.0 Å². The van der Waals surface area contributed by atoms with E-state index in [1.54, 1.807) is 20.1 Å². The average Bonchev–Trinajstić information content (AvgIpc) is 2.37. The minimum absolute atomic E-state index is 0.0894. The maximum atomic E-state index is 11.7. The number of anilines is 1. The summed E-state index contributed by atoms with van der Waals surface area (Å²) in [5.74, 6) is 0.135. The second-order valence-electron chi connectivity index (χ2n) is 4.93. The zero-order valence-corrected chi connectivity index (χ0v) is 11.4. The lowest BCUT2D eigenvalue weighted by atomic mass is 9.94. The molecule has 1 N–H and O–H groups in total. The first kappa shape index (κ1) is 13.8. The SMILES string of the molecule is COC[C@H](C)Oc1ccc2c(c1)N(O)C(=O)[C@H](C)C2. The number of methoxy groups -OCH3 is 1. The fourth-order valence-corrected chi connectivity index (χ4v) is 2.23. The van der Waals surface area contributed by atoms with E-state index in [9.17, 15) is 10.0 Å². The van der Waals surface area contributed by atoms with Crippen molar-refractivity contribution in [2.24, 2.45) is 5.92 Å². The molecule has 1 heterocycles. The van der Waals surface area contributed by atoms with Crippen LogP contribution in [0.4, 0.5) is 5.69 Å². The van der Waals surface area contributed by atoms with Crippen molar-refractivity contribution in [1.82, 2.24) is 0 Å². The molecule has 0 aliphatic carbocycles. The van der Waals surface area contributed by atoms with E-state index < -0.39 is 0 Å². The second-order valence-corrected chi connectivity index (χ2v) is 4.93. The number of hydrogen-bond acceptors (Lipinski definition) is 4. The van der Waals surface area contributed by atoms with Crippen molar-refractivity contribution in [3.8, 4) is 5.75 Å². The number of fused-ring (bicyclic) bond motifs is 1. The third-order valence-corrected chi connectivity index (χ3v) is 3.18. The molecule has 0 saturated carbocycles. The number of hydrogen-bond donors (Lipinski definition) is 1. The summed E-state index contributed by atoms with van der Waals surface area (Å²) >= 11 is 0. The molecule has 0 radical (unpaired) electrons. The van der Waals surface area contributed by atoms with Crippen molar-refractivity contribution >= 4 is 11.6 Å². The summed E-state index contributed by atoms with van der Waals surface area (Å²) in [7, 11) is 1.61. The highest BCUT2D eigenvalue weighted by molar-refractivity contribution is 5.95. The van der Waals surface area contributed by atoms with Gasteiger partial charge in [0.25, 0.3) is 5.91 Å². The maximum absolute atomic E-state index is 11.7.